The van der Waals surface area contributed by atoms with Gasteiger partial charge in [0.1, 0.15) is 0 Å². The van der Waals surface area contributed by atoms with E-state index >= 15 is 0 Å². The Kier molecular flexibility index (Phi) is 5.13. The lowest BCUT2D eigenvalue weighted by Crippen LogP contribution is -2.17. The number of aromatic nitrogens is 3. The fourth-order valence-electron chi connectivity index (χ4n) is 3.10. The molecule has 1 heterocycles. The number of aromatic amines is 1. The highest BCUT2D eigenvalue weighted by atomic mass is 32.1. The molecule has 3 rings (SSSR count). The number of aryl methyl sites for hydroxylation is 2. The van der Waals surface area contributed by atoms with E-state index in [4.69, 9.17) is 18.0 Å². The van der Waals surface area contributed by atoms with Crippen LogP contribution in [0.1, 0.15) is 25.0 Å². The first-order chi connectivity index (χ1) is 12.5. The van der Waals surface area contributed by atoms with E-state index in [0.717, 1.165) is 41.3 Å². The van der Waals surface area contributed by atoms with Crippen molar-refractivity contribution in [2.24, 2.45) is 0 Å². The first kappa shape index (κ1) is 18.2. The first-order valence-corrected chi connectivity index (χ1v) is 9.25. The lowest BCUT2D eigenvalue weighted by Gasteiger charge is -2.20. The third-order valence-electron chi connectivity index (χ3n) is 4.79. The van der Waals surface area contributed by atoms with Gasteiger partial charge in [-0.25, -0.2) is 0 Å². The van der Waals surface area contributed by atoms with Gasteiger partial charge < -0.3 is 10.6 Å². The SMILES string of the molecule is CCc1cc(-c2n[nH]c(=S)n2-c2ccc(C)c(N(C)CC)c2)ccc1N. The van der Waals surface area contributed by atoms with Crippen LogP contribution in [-0.2, 0) is 6.42 Å². The van der Waals surface area contributed by atoms with Gasteiger partial charge in [0.05, 0.1) is 5.69 Å². The van der Waals surface area contributed by atoms with Crippen LogP contribution in [0.3, 0.4) is 0 Å². The number of nitrogens with one attached hydrogen (secondary N) is 1. The van der Waals surface area contributed by atoms with Crippen molar-refractivity contribution in [2.75, 3.05) is 24.2 Å². The van der Waals surface area contributed by atoms with Gasteiger partial charge in [0.15, 0.2) is 10.6 Å². The Morgan fingerprint density at radius 1 is 1.19 bits per heavy atom. The standard InChI is InChI=1S/C20H25N5S/c1-5-14-11-15(8-10-17(14)21)19-22-23-20(26)25(19)16-9-7-13(3)18(12-16)24(4)6-2/h7-12H,5-6,21H2,1-4H3,(H,23,26). The second kappa shape index (κ2) is 7.33. The largest absolute Gasteiger partial charge is 0.399 e. The molecule has 0 unspecified atom stereocenters. The summed E-state index contributed by atoms with van der Waals surface area (Å²) in [5.74, 6) is 0.790. The molecule has 0 fully saturated rings. The summed E-state index contributed by atoms with van der Waals surface area (Å²) in [5.41, 5.74) is 12.4. The summed E-state index contributed by atoms with van der Waals surface area (Å²) in [6.07, 6.45) is 0.876. The summed E-state index contributed by atoms with van der Waals surface area (Å²) < 4.78 is 2.55. The number of nitrogen functional groups attached to an aromatic ring is 1. The molecule has 3 N–H and O–H groups in total. The van der Waals surface area contributed by atoms with Crippen LogP contribution in [0.4, 0.5) is 11.4 Å². The molecule has 0 radical (unpaired) electrons. The van der Waals surface area contributed by atoms with E-state index < -0.39 is 0 Å². The zero-order valence-corrected chi connectivity index (χ0v) is 16.5. The maximum Gasteiger partial charge on any atom is 0.200 e. The molecule has 1 aromatic heterocycles. The van der Waals surface area contributed by atoms with Crippen LogP contribution in [0.25, 0.3) is 17.1 Å². The minimum Gasteiger partial charge on any atom is -0.399 e. The average molecular weight is 368 g/mol. The molecule has 5 nitrogen and oxygen atoms in total. The Hall–Kier alpha value is -2.60. The molecule has 0 saturated carbocycles. The van der Waals surface area contributed by atoms with Crippen LogP contribution < -0.4 is 10.6 Å². The second-order valence-electron chi connectivity index (χ2n) is 6.44. The molecule has 26 heavy (non-hydrogen) atoms. The highest BCUT2D eigenvalue weighted by molar-refractivity contribution is 7.71. The Labute approximate surface area is 159 Å². The van der Waals surface area contributed by atoms with Gasteiger partial charge in [0.25, 0.3) is 0 Å². The smallest absolute Gasteiger partial charge is 0.200 e. The minimum absolute atomic E-state index is 0.573. The molecule has 0 saturated heterocycles. The molecule has 136 valence electrons. The van der Waals surface area contributed by atoms with Gasteiger partial charge in [-0.2, -0.15) is 5.10 Å². The van der Waals surface area contributed by atoms with Gasteiger partial charge in [0, 0.05) is 30.5 Å². The summed E-state index contributed by atoms with van der Waals surface area (Å²) in [5, 5.41) is 7.41. The van der Waals surface area contributed by atoms with E-state index in [1.807, 2.05) is 16.7 Å². The summed E-state index contributed by atoms with van der Waals surface area (Å²) in [4.78, 5) is 2.22. The van der Waals surface area contributed by atoms with Gasteiger partial charge in [0.2, 0.25) is 0 Å². The Morgan fingerprint density at radius 2 is 1.96 bits per heavy atom. The van der Waals surface area contributed by atoms with Gasteiger partial charge in [-0.15, -0.1) is 0 Å². The molecule has 0 aliphatic rings. The fraction of sp³-hybridized carbons (Fsp3) is 0.300. The van der Waals surface area contributed by atoms with E-state index in [-0.39, 0.29) is 0 Å². The van der Waals surface area contributed by atoms with E-state index in [9.17, 15) is 0 Å². The van der Waals surface area contributed by atoms with Crippen molar-refractivity contribution in [3.8, 4) is 17.1 Å². The van der Waals surface area contributed by atoms with E-state index in [1.54, 1.807) is 0 Å². The number of benzene rings is 2. The molecule has 6 heteroatoms. The Bertz CT molecular complexity index is 986. The van der Waals surface area contributed by atoms with Crippen molar-refractivity contribution >= 4 is 23.6 Å². The molecule has 0 aliphatic heterocycles. The van der Waals surface area contributed by atoms with Crippen LogP contribution in [0.2, 0.25) is 0 Å². The Morgan fingerprint density at radius 3 is 2.65 bits per heavy atom. The van der Waals surface area contributed by atoms with Crippen LogP contribution in [0.15, 0.2) is 36.4 Å². The number of nitrogens with two attached hydrogens (primary N) is 1. The predicted molar refractivity (Wildman–Crippen MR) is 112 cm³/mol. The van der Waals surface area contributed by atoms with E-state index in [2.05, 4.69) is 67.2 Å². The van der Waals surface area contributed by atoms with E-state index in [0.29, 0.717) is 4.77 Å². The van der Waals surface area contributed by atoms with Crippen molar-refractivity contribution < 1.29 is 0 Å². The molecule has 2 aromatic carbocycles. The third-order valence-corrected chi connectivity index (χ3v) is 5.06. The van der Waals surface area contributed by atoms with Gasteiger partial charge in [-0.1, -0.05) is 13.0 Å². The average Bonchev–Trinajstić information content (AvgIpc) is 3.03. The molecule has 0 aliphatic carbocycles. The number of H-pyrrole nitrogens is 1. The zero-order chi connectivity index (χ0) is 18.8. The number of hydrogen-bond donors (Lipinski definition) is 2. The maximum absolute atomic E-state index is 6.06. The third kappa shape index (κ3) is 3.24. The zero-order valence-electron chi connectivity index (χ0n) is 15.7. The predicted octanol–water partition coefficient (Wildman–Crippen LogP) is 4.51. The Balaban J connectivity index is 2.17. The summed E-state index contributed by atoms with van der Waals surface area (Å²) >= 11 is 5.52. The molecular formula is C20H25N5S. The van der Waals surface area contributed by atoms with Gasteiger partial charge >= 0.3 is 0 Å². The summed E-state index contributed by atoms with van der Waals surface area (Å²) in [6, 6.07) is 12.4. The quantitative estimate of drug-likeness (QED) is 0.515. The van der Waals surface area contributed by atoms with Crippen LogP contribution in [0, 0.1) is 11.7 Å². The molecular weight excluding hydrogens is 342 g/mol. The van der Waals surface area contributed by atoms with Crippen LogP contribution >= 0.6 is 12.2 Å². The highest BCUT2D eigenvalue weighted by Crippen LogP contribution is 2.28. The maximum atomic E-state index is 6.06. The van der Waals surface area contributed by atoms with Crippen molar-refractivity contribution in [2.45, 2.75) is 27.2 Å². The summed E-state index contributed by atoms with van der Waals surface area (Å²) in [6.45, 7) is 7.29. The van der Waals surface area contributed by atoms with Gasteiger partial charge in [-0.3, -0.25) is 9.67 Å². The monoisotopic (exact) mass is 367 g/mol. The highest BCUT2D eigenvalue weighted by Gasteiger charge is 2.14. The van der Waals surface area contributed by atoms with Crippen LogP contribution in [0.5, 0.6) is 0 Å². The molecule has 3 aromatic rings. The lowest BCUT2D eigenvalue weighted by molar-refractivity contribution is 0.953. The molecule has 0 bridgehead atoms. The second-order valence-corrected chi connectivity index (χ2v) is 6.83. The van der Waals surface area contributed by atoms with E-state index in [1.165, 1.54) is 11.3 Å². The summed E-state index contributed by atoms with van der Waals surface area (Å²) in [7, 11) is 2.09. The number of anilines is 2. The fourth-order valence-corrected chi connectivity index (χ4v) is 3.34. The number of nitrogens with zero attached hydrogens (tertiary/aromatic N) is 3. The topological polar surface area (TPSA) is 62.9 Å². The van der Waals surface area contributed by atoms with Crippen molar-refractivity contribution in [1.82, 2.24) is 14.8 Å². The number of rotatable bonds is 5. The molecule has 0 atom stereocenters. The molecule has 0 spiro atoms. The normalized spacial score (nSPS) is 10.9. The molecule has 0 amide bonds. The minimum atomic E-state index is 0.573. The number of hydrogen-bond acceptors (Lipinski definition) is 4. The van der Waals surface area contributed by atoms with Crippen molar-refractivity contribution in [3.63, 3.8) is 0 Å². The van der Waals surface area contributed by atoms with Crippen LogP contribution in [-0.4, -0.2) is 28.4 Å². The first-order valence-electron chi connectivity index (χ1n) is 8.84. The van der Waals surface area contributed by atoms with Crippen molar-refractivity contribution in [1.29, 1.82) is 0 Å². The van der Waals surface area contributed by atoms with Gasteiger partial charge in [-0.05, 0) is 73.9 Å². The lowest BCUT2D eigenvalue weighted by atomic mass is 10.1. The van der Waals surface area contributed by atoms with Crippen molar-refractivity contribution in [3.05, 3.63) is 52.3 Å².